The number of hydrogen-bond acceptors (Lipinski definition) is 2. The third kappa shape index (κ3) is 3.32. The highest BCUT2D eigenvalue weighted by Gasteiger charge is 2.16. The van der Waals surface area contributed by atoms with Crippen LogP contribution < -0.4 is 4.74 Å². The van der Waals surface area contributed by atoms with E-state index in [0.717, 1.165) is 4.47 Å². The fourth-order valence-electron chi connectivity index (χ4n) is 1.96. The highest BCUT2D eigenvalue weighted by molar-refractivity contribution is 9.10. The molecule has 2 aromatic rings. The van der Waals surface area contributed by atoms with Crippen LogP contribution in [0.5, 0.6) is 5.75 Å². The van der Waals surface area contributed by atoms with E-state index in [9.17, 15) is 9.50 Å². The van der Waals surface area contributed by atoms with Gasteiger partial charge in [-0.15, -0.1) is 0 Å². The third-order valence-corrected chi connectivity index (χ3v) is 3.82. The molecule has 0 saturated carbocycles. The Morgan fingerprint density at radius 1 is 1.35 bits per heavy atom. The number of methoxy groups -OCH3 is 1. The summed E-state index contributed by atoms with van der Waals surface area (Å²) in [6, 6.07) is 10.0. The normalized spacial score (nSPS) is 12.2. The molecular weight excluding hydrogens is 347 g/mol. The molecular formula is C15H13BrClFO2. The van der Waals surface area contributed by atoms with Crippen molar-refractivity contribution in [3.63, 3.8) is 0 Å². The lowest BCUT2D eigenvalue weighted by molar-refractivity contribution is 0.177. The molecule has 0 fully saturated rings. The Morgan fingerprint density at radius 3 is 2.75 bits per heavy atom. The van der Waals surface area contributed by atoms with Crippen LogP contribution >= 0.6 is 27.5 Å². The Labute approximate surface area is 130 Å². The van der Waals surface area contributed by atoms with Crippen molar-refractivity contribution in [2.45, 2.75) is 12.5 Å². The molecule has 0 aromatic heterocycles. The standard InChI is InChI=1S/C15H13BrClFO2/c1-20-14-4-2-3-9(15(14)18)7-13(19)11-6-5-10(16)8-12(11)17/h2-6,8,13,19H,7H2,1H3. The molecule has 2 rings (SSSR count). The van der Waals surface area contributed by atoms with Crippen molar-refractivity contribution in [3.8, 4) is 5.75 Å². The summed E-state index contributed by atoms with van der Waals surface area (Å²) in [6.07, 6.45) is -0.748. The first-order valence-electron chi connectivity index (χ1n) is 5.97. The molecule has 0 aliphatic carbocycles. The Balaban J connectivity index is 2.25. The Hall–Kier alpha value is -1.10. The van der Waals surface area contributed by atoms with Crippen LogP contribution in [-0.2, 0) is 6.42 Å². The zero-order valence-corrected chi connectivity index (χ0v) is 13.1. The second-order valence-electron chi connectivity index (χ2n) is 4.32. The average molecular weight is 360 g/mol. The van der Waals surface area contributed by atoms with Crippen LogP contribution in [0.25, 0.3) is 0 Å². The van der Waals surface area contributed by atoms with Crippen molar-refractivity contribution < 1.29 is 14.2 Å². The van der Waals surface area contributed by atoms with Gasteiger partial charge >= 0.3 is 0 Å². The summed E-state index contributed by atoms with van der Waals surface area (Å²) in [5, 5.41) is 10.7. The maximum atomic E-state index is 14.0. The fourth-order valence-corrected chi connectivity index (χ4v) is 2.76. The van der Waals surface area contributed by atoms with Crippen molar-refractivity contribution in [2.75, 3.05) is 7.11 Å². The largest absolute Gasteiger partial charge is 0.494 e. The van der Waals surface area contributed by atoms with Gasteiger partial charge in [-0.1, -0.05) is 45.7 Å². The maximum Gasteiger partial charge on any atom is 0.168 e. The lowest BCUT2D eigenvalue weighted by Gasteiger charge is -2.14. The molecule has 0 heterocycles. The molecule has 20 heavy (non-hydrogen) atoms. The molecule has 2 nitrogen and oxygen atoms in total. The molecule has 0 aliphatic rings. The summed E-state index contributed by atoms with van der Waals surface area (Å²) in [7, 11) is 1.41. The average Bonchev–Trinajstić information content (AvgIpc) is 2.41. The van der Waals surface area contributed by atoms with Gasteiger partial charge in [-0.05, 0) is 29.3 Å². The second kappa shape index (κ2) is 6.57. The lowest BCUT2D eigenvalue weighted by Crippen LogP contribution is -2.05. The quantitative estimate of drug-likeness (QED) is 0.869. The van der Waals surface area contributed by atoms with E-state index in [1.807, 2.05) is 0 Å². The summed E-state index contributed by atoms with van der Waals surface area (Å²) in [4.78, 5) is 0. The van der Waals surface area contributed by atoms with E-state index >= 15 is 0 Å². The minimum atomic E-state index is -0.878. The van der Waals surface area contributed by atoms with Crippen molar-refractivity contribution >= 4 is 27.5 Å². The molecule has 0 saturated heterocycles. The van der Waals surface area contributed by atoms with Crippen molar-refractivity contribution in [1.82, 2.24) is 0 Å². The molecule has 1 N–H and O–H groups in total. The van der Waals surface area contributed by atoms with Crippen LogP contribution in [0.1, 0.15) is 17.2 Å². The van der Waals surface area contributed by atoms with E-state index in [2.05, 4.69) is 15.9 Å². The third-order valence-electron chi connectivity index (χ3n) is 3.00. The van der Waals surface area contributed by atoms with Crippen molar-refractivity contribution in [2.24, 2.45) is 0 Å². The zero-order chi connectivity index (χ0) is 14.7. The van der Waals surface area contributed by atoms with E-state index in [0.29, 0.717) is 16.1 Å². The Kier molecular flexibility index (Phi) is 5.02. The van der Waals surface area contributed by atoms with Gasteiger partial charge in [0.15, 0.2) is 11.6 Å². The van der Waals surface area contributed by atoms with Crippen molar-refractivity contribution in [1.29, 1.82) is 0 Å². The molecule has 0 bridgehead atoms. The van der Waals surface area contributed by atoms with Crippen LogP contribution in [0, 0.1) is 5.82 Å². The summed E-state index contributed by atoms with van der Waals surface area (Å²) < 4.78 is 19.8. The first-order valence-corrected chi connectivity index (χ1v) is 7.14. The van der Waals surface area contributed by atoms with E-state index in [1.54, 1.807) is 30.3 Å². The maximum absolute atomic E-state index is 14.0. The van der Waals surface area contributed by atoms with Gasteiger partial charge in [0.2, 0.25) is 0 Å². The minimum absolute atomic E-state index is 0.129. The summed E-state index contributed by atoms with van der Waals surface area (Å²) in [6.45, 7) is 0. The van der Waals surface area contributed by atoms with Gasteiger partial charge in [0, 0.05) is 15.9 Å². The first kappa shape index (κ1) is 15.3. The molecule has 1 unspecified atom stereocenters. The minimum Gasteiger partial charge on any atom is -0.494 e. The number of benzene rings is 2. The van der Waals surface area contributed by atoms with E-state index in [-0.39, 0.29) is 12.2 Å². The molecule has 0 aliphatic heterocycles. The van der Waals surface area contributed by atoms with Crippen LogP contribution in [0.3, 0.4) is 0 Å². The second-order valence-corrected chi connectivity index (χ2v) is 5.64. The van der Waals surface area contributed by atoms with Gasteiger partial charge in [-0.3, -0.25) is 0 Å². The molecule has 0 spiro atoms. The Bertz CT molecular complexity index is 619. The predicted octanol–water partition coefficient (Wildman–Crippen LogP) is 4.53. The summed E-state index contributed by atoms with van der Waals surface area (Å²) in [5.41, 5.74) is 0.952. The zero-order valence-electron chi connectivity index (χ0n) is 10.7. The molecule has 0 radical (unpaired) electrons. The predicted molar refractivity (Wildman–Crippen MR) is 80.8 cm³/mol. The monoisotopic (exact) mass is 358 g/mol. The lowest BCUT2D eigenvalue weighted by atomic mass is 10.0. The number of halogens is 3. The highest BCUT2D eigenvalue weighted by Crippen LogP contribution is 2.30. The smallest absolute Gasteiger partial charge is 0.168 e. The fraction of sp³-hybridized carbons (Fsp3) is 0.200. The van der Waals surface area contributed by atoms with Crippen LogP contribution in [-0.4, -0.2) is 12.2 Å². The number of rotatable bonds is 4. The topological polar surface area (TPSA) is 29.5 Å². The van der Waals surface area contributed by atoms with E-state index < -0.39 is 11.9 Å². The molecule has 2 aromatic carbocycles. The van der Waals surface area contributed by atoms with Gasteiger partial charge in [-0.25, -0.2) is 4.39 Å². The van der Waals surface area contributed by atoms with E-state index in [1.165, 1.54) is 13.2 Å². The summed E-state index contributed by atoms with van der Waals surface area (Å²) in [5.74, 6) is -0.293. The number of ether oxygens (including phenoxy) is 1. The van der Waals surface area contributed by atoms with Gasteiger partial charge < -0.3 is 9.84 Å². The van der Waals surface area contributed by atoms with Gasteiger partial charge in [0.1, 0.15) is 0 Å². The van der Waals surface area contributed by atoms with Gasteiger partial charge in [0.25, 0.3) is 0 Å². The molecule has 1 atom stereocenters. The Morgan fingerprint density at radius 2 is 2.10 bits per heavy atom. The first-order chi connectivity index (χ1) is 9.52. The van der Waals surface area contributed by atoms with Gasteiger partial charge in [0.05, 0.1) is 13.2 Å². The molecule has 5 heteroatoms. The molecule has 106 valence electrons. The van der Waals surface area contributed by atoms with Gasteiger partial charge in [-0.2, -0.15) is 0 Å². The van der Waals surface area contributed by atoms with E-state index in [4.69, 9.17) is 16.3 Å². The van der Waals surface area contributed by atoms with Crippen LogP contribution in [0.2, 0.25) is 5.02 Å². The van der Waals surface area contributed by atoms with Crippen LogP contribution in [0.15, 0.2) is 40.9 Å². The highest BCUT2D eigenvalue weighted by atomic mass is 79.9. The van der Waals surface area contributed by atoms with Crippen molar-refractivity contribution in [3.05, 3.63) is 62.8 Å². The SMILES string of the molecule is COc1cccc(CC(O)c2ccc(Br)cc2Cl)c1F. The number of hydrogen-bond donors (Lipinski definition) is 1. The summed E-state index contributed by atoms with van der Waals surface area (Å²) >= 11 is 9.38. The van der Waals surface area contributed by atoms with Crippen LogP contribution in [0.4, 0.5) is 4.39 Å². The molecule has 0 amide bonds. The number of aliphatic hydroxyl groups excluding tert-OH is 1. The number of aliphatic hydroxyl groups is 1.